The highest BCUT2D eigenvalue weighted by Gasteiger charge is 2.14. The number of rotatable bonds is 3. The summed E-state index contributed by atoms with van der Waals surface area (Å²) in [6.45, 7) is 1.89. The Bertz CT molecular complexity index is 441. The summed E-state index contributed by atoms with van der Waals surface area (Å²) in [5, 5.41) is 5.86. The third-order valence-electron chi connectivity index (χ3n) is 2.54. The van der Waals surface area contributed by atoms with Gasteiger partial charge in [-0.2, -0.15) is 0 Å². The van der Waals surface area contributed by atoms with E-state index in [2.05, 4.69) is 10.6 Å². The van der Waals surface area contributed by atoms with Crippen LogP contribution in [0.25, 0.3) is 0 Å². The lowest BCUT2D eigenvalue weighted by Crippen LogP contribution is -2.19. The smallest absolute Gasteiger partial charge is 0.224 e. The van der Waals surface area contributed by atoms with Crippen molar-refractivity contribution < 1.29 is 9.59 Å². The van der Waals surface area contributed by atoms with Crippen molar-refractivity contribution in [2.24, 2.45) is 0 Å². The van der Waals surface area contributed by atoms with Crippen molar-refractivity contribution in [3.63, 3.8) is 0 Å². The lowest BCUT2D eigenvalue weighted by atomic mass is 10.0. The van der Waals surface area contributed by atoms with Crippen molar-refractivity contribution in [1.82, 2.24) is 0 Å². The Morgan fingerprint density at radius 3 is 3.00 bits per heavy atom. The van der Waals surface area contributed by atoms with Crippen LogP contribution in [-0.2, 0) is 16.0 Å². The van der Waals surface area contributed by atoms with Crippen molar-refractivity contribution in [1.29, 1.82) is 0 Å². The second-order valence-electron chi connectivity index (χ2n) is 3.98. The maximum absolute atomic E-state index is 11.2. The predicted octanol–water partition coefficient (Wildman–Crippen LogP) is 1.57. The molecule has 0 aliphatic carbocycles. The maximum Gasteiger partial charge on any atom is 0.224 e. The average molecular weight is 218 g/mol. The quantitative estimate of drug-likeness (QED) is 0.809. The average Bonchev–Trinajstić information content (AvgIpc) is 2.26. The second-order valence-corrected chi connectivity index (χ2v) is 3.98. The molecule has 0 spiro atoms. The number of carbonyl (C=O) groups is 2. The van der Waals surface area contributed by atoms with Crippen LogP contribution in [0.5, 0.6) is 0 Å². The van der Waals surface area contributed by atoms with E-state index in [0.717, 1.165) is 23.4 Å². The van der Waals surface area contributed by atoms with Crippen LogP contribution in [0, 0.1) is 0 Å². The van der Waals surface area contributed by atoms with Crippen molar-refractivity contribution in [3.05, 3.63) is 23.8 Å². The topological polar surface area (TPSA) is 58.2 Å². The summed E-state index contributed by atoms with van der Waals surface area (Å²) in [4.78, 5) is 22.0. The fourth-order valence-corrected chi connectivity index (χ4v) is 1.72. The lowest BCUT2D eigenvalue weighted by molar-refractivity contribution is -0.116. The normalized spacial score (nSPS) is 13.9. The van der Waals surface area contributed by atoms with Crippen LogP contribution < -0.4 is 10.6 Å². The van der Waals surface area contributed by atoms with E-state index >= 15 is 0 Å². The molecular formula is C12H14N2O2. The Kier molecular flexibility index (Phi) is 2.90. The van der Waals surface area contributed by atoms with Gasteiger partial charge in [0.25, 0.3) is 0 Å². The molecule has 1 amide bonds. The minimum atomic E-state index is 0.0666. The molecule has 2 rings (SSSR count). The van der Waals surface area contributed by atoms with Gasteiger partial charge in [-0.1, -0.05) is 0 Å². The monoisotopic (exact) mass is 218 g/mol. The number of fused-ring (bicyclic) bond motifs is 1. The summed E-state index contributed by atoms with van der Waals surface area (Å²) in [7, 11) is 0. The van der Waals surface area contributed by atoms with Gasteiger partial charge in [0.2, 0.25) is 5.91 Å². The van der Waals surface area contributed by atoms with Gasteiger partial charge < -0.3 is 10.6 Å². The fraction of sp³-hybridized carbons (Fsp3) is 0.333. The highest BCUT2D eigenvalue weighted by atomic mass is 16.1. The molecule has 1 heterocycles. The zero-order valence-corrected chi connectivity index (χ0v) is 9.17. The molecule has 4 heteroatoms. The molecule has 1 aromatic rings. The van der Waals surface area contributed by atoms with Crippen LogP contribution in [-0.4, -0.2) is 18.2 Å². The minimum Gasteiger partial charge on any atom is -0.378 e. The third-order valence-corrected chi connectivity index (χ3v) is 2.54. The zero-order chi connectivity index (χ0) is 11.5. The highest BCUT2D eigenvalue weighted by Crippen LogP contribution is 2.25. The first-order chi connectivity index (χ1) is 7.65. The predicted molar refractivity (Wildman–Crippen MR) is 62.6 cm³/mol. The molecule has 0 aromatic heterocycles. The lowest BCUT2D eigenvalue weighted by Gasteiger charge is -2.17. The Morgan fingerprint density at radius 2 is 2.25 bits per heavy atom. The number of amides is 1. The molecular weight excluding hydrogens is 204 g/mol. The number of anilines is 2. The summed E-state index contributed by atoms with van der Waals surface area (Å²) in [6.07, 6.45) is 1.29. The molecule has 0 saturated heterocycles. The van der Waals surface area contributed by atoms with Crippen LogP contribution in [0.3, 0.4) is 0 Å². The number of hydrogen-bond acceptors (Lipinski definition) is 3. The van der Waals surface area contributed by atoms with E-state index in [4.69, 9.17) is 0 Å². The van der Waals surface area contributed by atoms with E-state index in [1.807, 2.05) is 18.2 Å². The molecule has 1 aliphatic heterocycles. The van der Waals surface area contributed by atoms with Gasteiger partial charge in [-0.25, -0.2) is 0 Å². The largest absolute Gasteiger partial charge is 0.378 e. The van der Waals surface area contributed by atoms with Gasteiger partial charge in [-0.15, -0.1) is 0 Å². The van der Waals surface area contributed by atoms with E-state index in [1.54, 1.807) is 6.92 Å². The second kappa shape index (κ2) is 4.35. The van der Waals surface area contributed by atoms with E-state index in [1.165, 1.54) is 0 Å². The van der Waals surface area contributed by atoms with Crippen LogP contribution in [0.4, 0.5) is 11.4 Å². The van der Waals surface area contributed by atoms with Crippen LogP contribution in [0.1, 0.15) is 18.9 Å². The number of aryl methyl sites for hydroxylation is 1. The van der Waals surface area contributed by atoms with E-state index < -0.39 is 0 Å². The van der Waals surface area contributed by atoms with Gasteiger partial charge in [0.15, 0.2) is 0 Å². The Hall–Kier alpha value is -1.84. The molecule has 0 saturated carbocycles. The molecule has 4 nitrogen and oxygen atoms in total. The van der Waals surface area contributed by atoms with Crippen LogP contribution >= 0.6 is 0 Å². The number of nitrogens with one attached hydrogen (secondary N) is 2. The number of carbonyl (C=O) groups excluding carboxylic acids is 2. The Morgan fingerprint density at radius 1 is 1.44 bits per heavy atom. The SMILES string of the molecule is CC(=O)CNc1ccc2c(c1)CCC(=O)N2. The third kappa shape index (κ3) is 2.39. The zero-order valence-electron chi connectivity index (χ0n) is 9.17. The van der Waals surface area contributed by atoms with Crippen LogP contribution in [0.2, 0.25) is 0 Å². The summed E-state index contributed by atoms with van der Waals surface area (Å²) < 4.78 is 0. The van der Waals surface area contributed by atoms with Gasteiger partial charge in [-0.05, 0) is 37.1 Å². The van der Waals surface area contributed by atoms with Gasteiger partial charge in [0, 0.05) is 17.8 Å². The maximum atomic E-state index is 11.2. The minimum absolute atomic E-state index is 0.0666. The number of hydrogen-bond donors (Lipinski definition) is 2. The summed E-state index contributed by atoms with van der Waals surface area (Å²) in [5.74, 6) is 0.169. The standard InChI is InChI=1S/C12H14N2O2/c1-8(15)7-13-10-3-4-11-9(6-10)2-5-12(16)14-11/h3-4,6,13H,2,5,7H2,1H3,(H,14,16). The van der Waals surface area contributed by atoms with Crippen molar-refractivity contribution in [3.8, 4) is 0 Å². The summed E-state index contributed by atoms with van der Waals surface area (Å²) in [5.41, 5.74) is 2.92. The molecule has 2 N–H and O–H groups in total. The van der Waals surface area contributed by atoms with Crippen molar-refractivity contribution in [2.45, 2.75) is 19.8 Å². The fourth-order valence-electron chi connectivity index (χ4n) is 1.72. The van der Waals surface area contributed by atoms with Gasteiger partial charge in [-0.3, -0.25) is 9.59 Å². The van der Waals surface area contributed by atoms with Crippen LogP contribution in [0.15, 0.2) is 18.2 Å². The molecule has 1 aliphatic rings. The van der Waals surface area contributed by atoms with Crippen molar-refractivity contribution in [2.75, 3.05) is 17.2 Å². The Labute approximate surface area is 94.0 Å². The van der Waals surface area contributed by atoms with E-state index in [0.29, 0.717) is 13.0 Å². The summed E-state index contributed by atoms with van der Waals surface area (Å²) in [6, 6.07) is 5.72. The molecule has 0 unspecified atom stereocenters. The number of ketones is 1. The van der Waals surface area contributed by atoms with E-state index in [-0.39, 0.29) is 11.7 Å². The first kappa shape index (κ1) is 10.7. The molecule has 0 fully saturated rings. The van der Waals surface area contributed by atoms with Gasteiger partial charge in [0.1, 0.15) is 5.78 Å². The van der Waals surface area contributed by atoms with Gasteiger partial charge in [0.05, 0.1) is 6.54 Å². The molecule has 16 heavy (non-hydrogen) atoms. The first-order valence-electron chi connectivity index (χ1n) is 5.31. The molecule has 84 valence electrons. The number of Topliss-reactive ketones (excluding diaryl/α,β-unsaturated/α-hetero) is 1. The van der Waals surface area contributed by atoms with Gasteiger partial charge >= 0.3 is 0 Å². The molecule has 0 bridgehead atoms. The molecule has 1 aromatic carbocycles. The summed E-state index contributed by atoms with van der Waals surface area (Å²) >= 11 is 0. The molecule has 0 atom stereocenters. The number of benzene rings is 1. The highest BCUT2D eigenvalue weighted by molar-refractivity contribution is 5.94. The first-order valence-corrected chi connectivity index (χ1v) is 5.31. The molecule has 0 radical (unpaired) electrons. The van der Waals surface area contributed by atoms with E-state index in [9.17, 15) is 9.59 Å². The van der Waals surface area contributed by atoms with Crippen molar-refractivity contribution >= 4 is 23.1 Å². The Balaban J connectivity index is 2.13.